The maximum absolute atomic E-state index is 12.6. The molecule has 4 aromatic rings. The zero-order valence-electron chi connectivity index (χ0n) is 14.3. The third-order valence-electron chi connectivity index (χ3n) is 4.12. The van der Waals surface area contributed by atoms with E-state index in [-0.39, 0.29) is 10.5 Å². The summed E-state index contributed by atoms with van der Waals surface area (Å²) in [6.07, 6.45) is 2.96. The zero-order valence-corrected chi connectivity index (χ0v) is 15.9. The lowest BCUT2D eigenvalue weighted by Gasteiger charge is -2.06. The number of rotatable bonds is 4. The number of aromatic amines is 1. The predicted molar refractivity (Wildman–Crippen MR) is 107 cm³/mol. The normalized spacial score (nSPS) is 11.6. The van der Waals surface area contributed by atoms with Crippen LogP contribution in [0, 0.1) is 0 Å². The lowest BCUT2D eigenvalue weighted by atomic mass is 10.1. The van der Waals surface area contributed by atoms with E-state index in [2.05, 4.69) is 15.3 Å². The van der Waals surface area contributed by atoms with Crippen LogP contribution in [0.25, 0.3) is 22.2 Å². The molecule has 0 bridgehead atoms. The van der Waals surface area contributed by atoms with Gasteiger partial charge in [0.1, 0.15) is 0 Å². The van der Waals surface area contributed by atoms with Gasteiger partial charge in [-0.1, -0.05) is 30.3 Å². The number of H-pyrrole nitrogens is 1. The van der Waals surface area contributed by atoms with Gasteiger partial charge in [-0.05, 0) is 18.2 Å². The topological polar surface area (TPSA) is 91.9 Å². The molecule has 0 fully saturated rings. The molecule has 136 valence electrons. The molecule has 1 amide bonds. The minimum Gasteiger partial charge on any atom is -0.360 e. The van der Waals surface area contributed by atoms with Gasteiger partial charge in [0.2, 0.25) is 0 Å². The average Bonchev–Trinajstić information content (AvgIpc) is 3.27. The van der Waals surface area contributed by atoms with Crippen molar-refractivity contribution in [1.29, 1.82) is 0 Å². The van der Waals surface area contributed by atoms with Crippen molar-refractivity contribution in [3.8, 4) is 11.3 Å². The van der Waals surface area contributed by atoms with Crippen molar-refractivity contribution in [3.63, 3.8) is 0 Å². The number of anilines is 1. The molecule has 2 aromatic heterocycles. The number of nitrogens with zero attached hydrogens (tertiary/aromatic N) is 1. The van der Waals surface area contributed by atoms with E-state index >= 15 is 0 Å². The maximum atomic E-state index is 12.6. The SMILES string of the molecule is CS(=O)(=O)c1ccccc1C(=O)Nc1nc(-c2c[nH]c3ccccc23)cs1. The molecule has 0 aliphatic carbocycles. The highest BCUT2D eigenvalue weighted by Gasteiger charge is 2.19. The van der Waals surface area contributed by atoms with Crippen molar-refractivity contribution >= 4 is 43.1 Å². The Kier molecular flexibility index (Phi) is 4.29. The second-order valence-corrected chi connectivity index (χ2v) is 8.85. The third kappa shape index (κ3) is 3.36. The summed E-state index contributed by atoms with van der Waals surface area (Å²) in [5, 5.41) is 6.00. The average molecular weight is 397 g/mol. The highest BCUT2D eigenvalue weighted by Crippen LogP contribution is 2.31. The van der Waals surface area contributed by atoms with Gasteiger partial charge >= 0.3 is 0 Å². The molecule has 0 aliphatic heterocycles. The highest BCUT2D eigenvalue weighted by atomic mass is 32.2. The first kappa shape index (κ1) is 17.4. The number of hydrogen-bond donors (Lipinski definition) is 2. The fourth-order valence-electron chi connectivity index (χ4n) is 2.88. The monoisotopic (exact) mass is 397 g/mol. The Bertz CT molecular complexity index is 1260. The Morgan fingerprint density at radius 1 is 1.11 bits per heavy atom. The Morgan fingerprint density at radius 2 is 1.85 bits per heavy atom. The minimum absolute atomic E-state index is 0.00379. The summed E-state index contributed by atoms with van der Waals surface area (Å²) in [4.78, 5) is 20.2. The summed E-state index contributed by atoms with van der Waals surface area (Å²) < 4.78 is 23.8. The molecule has 2 aromatic carbocycles. The molecule has 0 saturated heterocycles. The Balaban J connectivity index is 1.63. The van der Waals surface area contributed by atoms with E-state index in [1.165, 1.54) is 23.5 Å². The highest BCUT2D eigenvalue weighted by molar-refractivity contribution is 7.90. The second-order valence-electron chi connectivity index (χ2n) is 6.01. The summed E-state index contributed by atoms with van der Waals surface area (Å²) >= 11 is 1.29. The minimum atomic E-state index is -3.51. The van der Waals surface area contributed by atoms with Crippen molar-refractivity contribution in [3.05, 3.63) is 65.7 Å². The molecule has 4 rings (SSSR count). The van der Waals surface area contributed by atoms with Crippen LogP contribution in [0.3, 0.4) is 0 Å². The number of para-hydroxylation sites is 1. The lowest BCUT2D eigenvalue weighted by molar-refractivity contribution is 0.102. The van der Waals surface area contributed by atoms with Gasteiger partial charge in [0.15, 0.2) is 15.0 Å². The van der Waals surface area contributed by atoms with E-state index in [4.69, 9.17) is 0 Å². The van der Waals surface area contributed by atoms with Crippen molar-refractivity contribution in [2.75, 3.05) is 11.6 Å². The van der Waals surface area contributed by atoms with Crippen molar-refractivity contribution < 1.29 is 13.2 Å². The Hall–Kier alpha value is -2.97. The van der Waals surface area contributed by atoms with Crippen LogP contribution in [0.4, 0.5) is 5.13 Å². The van der Waals surface area contributed by atoms with Crippen molar-refractivity contribution in [2.24, 2.45) is 0 Å². The van der Waals surface area contributed by atoms with Crippen molar-refractivity contribution in [1.82, 2.24) is 9.97 Å². The first-order chi connectivity index (χ1) is 12.9. The van der Waals surface area contributed by atoms with Gasteiger partial charge in [-0.3, -0.25) is 10.1 Å². The van der Waals surface area contributed by atoms with Crippen LogP contribution in [0.5, 0.6) is 0 Å². The van der Waals surface area contributed by atoms with Crippen LogP contribution < -0.4 is 5.32 Å². The van der Waals surface area contributed by atoms with E-state index in [0.29, 0.717) is 5.13 Å². The molecule has 0 atom stereocenters. The van der Waals surface area contributed by atoms with Gasteiger partial charge in [-0.15, -0.1) is 11.3 Å². The van der Waals surface area contributed by atoms with Crippen LogP contribution >= 0.6 is 11.3 Å². The van der Waals surface area contributed by atoms with Crippen LogP contribution in [-0.4, -0.2) is 30.5 Å². The fourth-order valence-corrected chi connectivity index (χ4v) is 4.47. The summed E-state index contributed by atoms with van der Waals surface area (Å²) in [5.74, 6) is -0.504. The van der Waals surface area contributed by atoms with E-state index in [9.17, 15) is 13.2 Å². The standard InChI is InChI=1S/C19H15N3O3S2/c1-27(24,25)17-9-5-3-7-13(17)18(23)22-19-21-16(11-26-19)14-10-20-15-8-4-2-6-12(14)15/h2-11,20H,1H3,(H,21,22,23). The first-order valence-corrected chi connectivity index (χ1v) is 10.8. The van der Waals surface area contributed by atoms with E-state index in [1.54, 1.807) is 12.1 Å². The Morgan fingerprint density at radius 3 is 2.67 bits per heavy atom. The number of fused-ring (bicyclic) bond motifs is 1. The Labute approximate surface area is 159 Å². The number of sulfone groups is 1. The molecule has 0 spiro atoms. The molecule has 6 nitrogen and oxygen atoms in total. The molecule has 27 heavy (non-hydrogen) atoms. The van der Waals surface area contributed by atoms with E-state index in [0.717, 1.165) is 28.4 Å². The number of aromatic nitrogens is 2. The molecule has 2 N–H and O–H groups in total. The van der Waals surface area contributed by atoms with Gasteiger partial charge in [0, 0.05) is 34.3 Å². The quantitative estimate of drug-likeness (QED) is 0.545. The second kappa shape index (κ2) is 6.64. The number of benzene rings is 2. The summed E-state index contributed by atoms with van der Waals surface area (Å²) in [6.45, 7) is 0. The summed E-state index contributed by atoms with van der Waals surface area (Å²) in [6, 6.07) is 14.0. The molecule has 8 heteroatoms. The molecular formula is C19H15N3O3S2. The molecule has 0 saturated carbocycles. The largest absolute Gasteiger partial charge is 0.360 e. The van der Waals surface area contributed by atoms with E-state index in [1.807, 2.05) is 35.8 Å². The number of nitrogens with one attached hydrogen (secondary N) is 2. The number of carbonyl (C=O) groups is 1. The number of amides is 1. The van der Waals surface area contributed by atoms with Crippen LogP contribution in [0.2, 0.25) is 0 Å². The lowest BCUT2D eigenvalue weighted by Crippen LogP contribution is -2.15. The van der Waals surface area contributed by atoms with Crippen LogP contribution in [0.15, 0.2) is 65.0 Å². The fraction of sp³-hybridized carbons (Fsp3) is 0.0526. The van der Waals surface area contributed by atoms with Gasteiger partial charge in [0.25, 0.3) is 5.91 Å². The van der Waals surface area contributed by atoms with Crippen LogP contribution in [0.1, 0.15) is 10.4 Å². The molecule has 0 aliphatic rings. The van der Waals surface area contributed by atoms with Gasteiger partial charge in [0.05, 0.1) is 16.2 Å². The number of carbonyl (C=O) groups excluding carboxylic acids is 1. The predicted octanol–water partition coefficient (Wildman–Crippen LogP) is 3.95. The first-order valence-electron chi connectivity index (χ1n) is 8.06. The van der Waals surface area contributed by atoms with E-state index < -0.39 is 15.7 Å². The smallest absolute Gasteiger partial charge is 0.258 e. The molecule has 2 heterocycles. The number of thiazole rings is 1. The van der Waals surface area contributed by atoms with Gasteiger partial charge in [-0.25, -0.2) is 13.4 Å². The number of hydrogen-bond acceptors (Lipinski definition) is 5. The van der Waals surface area contributed by atoms with Crippen molar-refractivity contribution in [2.45, 2.75) is 4.90 Å². The summed E-state index contributed by atoms with van der Waals surface area (Å²) in [5.41, 5.74) is 2.79. The summed E-state index contributed by atoms with van der Waals surface area (Å²) in [7, 11) is -3.51. The maximum Gasteiger partial charge on any atom is 0.258 e. The molecular weight excluding hydrogens is 382 g/mol. The van der Waals surface area contributed by atoms with Gasteiger partial charge in [-0.2, -0.15) is 0 Å². The third-order valence-corrected chi connectivity index (χ3v) is 6.03. The molecule has 0 unspecified atom stereocenters. The van der Waals surface area contributed by atoms with Crippen LogP contribution in [-0.2, 0) is 9.84 Å². The zero-order chi connectivity index (χ0) is 19.0. The molecule has 0 radical (unpaired) electrons. The van der Waals surface area contributed by atoms with Gasteiger partial charge < -0.3 is 4.98 Å².